The Morgan fingerprint density at radius 2 is 1.93 bits per heavy atom. The van der Waals surface area contributed by atoms with E-state index in [0.29, 0.717) is 30.0 Å². The lowest BCUT2D eigenvalue weighted by molar-refractivity contribution is -0.139. The van der Waals surface area contributed by atoms with Crippen molar-refractivity contribution in [3.05, 3.63) is 57.4 Å². The normalized spacial score (nSPS) is 21.0. The van der Waals surface area contributed by atoms with Gasteiger partial charge in [-0.05, 0) is 42.0 Å². The number of Topliss-reactive ketones (excluding diaryl/α,β-unsaturated/α-hetero) is 1. The number of carbonyl (C=O) groups excluding carboxylic acids is 2. The van der Waals surface area contributed by atoms with Crippen molar-refractivity contribution in [2.75, 3.05) is 6.61 Å². The molecule has 0 aromatic heterocycles. The van der Waals surface area contributed by atoms with E-state index in [1.54, 1.807) is 0 Å². The Kier molecular flexibility index (Phi) is 6.52. The lowest BCUT2D eigenvalue weighted by Crippen LogP contribution is -2.39. The van der Waals surface area contributed by atoms with Crippen LogP contribution in [0.2, 0.25) is 5.02 Å². The molecule has 156 valence electrons. The van der Waals surface area contributed by atoms with Crippen molar-refractivity contribution in [2.24, 2.45) is 5.41 Å². The maximum atomic E-state index is 13.1. The summed E-state index contributed by atoms with van der Waals surface area (Å²) in [5, 5.41) is 4.01. The SMILES string of the molecule is CCCCCOC(=O)C1=C(C)NC2=C([C@H]1c1ccc(Cl)cc1)C(C)(C)CC(=O)C2. The molecule has 1 heterocycles. The summed E-state index contributed by atoms with van der Waals surface area (Å²) in [6, 6.07) is 7.62. The number of hydrogen-bond donors (Lipinski definition) is 1. The molecule has 1 aromatic rings. The minimum absolute atomic E-state index is 0.217. The fourth-order valence-electron chi connectivity index (χ4n) is 4.54. The molecule has 1 aliphatic carbocycles. The standard InChI is InChI=1S/C24H30ClNO3/c1-5-6-7-12-29-23(28)20-15(2)26-19-13-18(27)14-24(3,4)22(19)21(20)16-8-10-17(25)11-9-16/h8-11,21,26H,5-7,12-14H2,1-4H3/t21-/m0/s1. The Morgan fingerprint density at radius 3 is 2.59 bits per heavy atom. The Morgan fingerprint density at radius 1 is 1.24 bits per heavy atom. The van der Waals surface area contributed by atoms with E-state index in [2.05, 4.69) is 26.1 Å². The molecule has 29 heavy (non-hydrogen) atoms. The van der Waals surface area contributed by atoms with E-state index < -0.39 is 0 Å². The van der Waals surface area contributed by atoms with Gasteiger partial charge < -0.3 is 10.1 Å². The number of benzene rings is 1. The fraction of sp³-hybridized carbons (Fsp3) is 0.500. The van der Waals surface area contributed by atoms with Gasteiger partial charge >= 0.3 is 5.97 Å². The molecule has 0 saturated heterocycles. The average Bonchev–Trinajstić information content (AvgIpc) is 2.63. The molecular weight excluding hydrogens is 386 g/mol. The number of carbonyl (C=O) groups is 2. The quantitative estimate of drug-likeness (QED) is 0.479. The second-order valence-corrected chi connectivity index (χ2v) is 9.10. The summed E-state index contributed by atoms with van der Waals surface area (Å²) in [4.78, 5) is 25.5. The number of unbranched alkanes of at least 4 members (excludes halogenated alkanes) is 2. The summed E-state index contributed by atoms with van der Waals surface area (Å²) in [7, 11) is 0. The first kappa shape index (κ1) is 21.6. The number of hydrogen-bond acceptors (Lipinski definition) is 4. The van der Waals surface area contributed by atoms with E-state index >= 15 is 0 Å². The van der Waals surface area contributed by atoms with E-state index in [1.165, 1.54) is 0 Å². The number of dihydropyridines is 1. The van der Waals surface area contributed by atoms with Crippen LogP contribution in [0.5, 0.6) is 0 Å². The topological polar surface area (TPSA) is 55.4 Å². The Labute approximate surface area is 178 Å². The van der Waals surface area contributed by atoms with Gasteiger partial charge in [0.1, 0.15) is 5.78 Å². The summed E-state index contributed by atoms with van der Waals surface area (Å²) in [6.07, 6.45) is 3.82. The average molecular weight is 416 g/mol. The van der Waals surface area contributed by atoms with Crippen LogP contribution in [0.4, 0.5) is 0 Å². The molecule has 1 atom stereocenters. The van der Waals surface area contributed by atoms with Crippen LogP contribution in [0.15, 0.2) is 46.8 Å². The summed E-state index contributed by atoms with van der Waals surface area (Å²) in [5.74, 6) is -0.315. The fourth-order valence-corrected chi connectivity index (χ4v) is 4.66. The van der Waals surface area contributed by atoms with Crippen molar-refractivity contribution in [2.45, 2.75) is 65.7 Å². The van der Waals surface area contributed by atoms with Crippen molar-refractivity contribution in [1.82, 2.24) is 5.32 Å². The van der Waals surface area contributed by atoms with Crippen LogP contribution in [0.1, 0.15) is 71.3 Å². The maximum Gasteiger partial charge on any atom is 0.336 e. The van der Waals surface area contributed by atoms with E-state index in [9.17, 15) is 9.59 Å². The number of nitrogens with one attached hydrogen (secondary N) is 1. The molecule has 2 aliphatic rings. The van der Waals surface area contributed by atoms with Crippen molar-refractivity contribution in [1.29, 1.82) is 0 Å². The number of allylic oxidation sites excluding steroid dienone is 3. The zero-order valence-electron chi connectivity index (χ0n) is 17.7. The third kappa shape index (κ3) is 4.58. The van der Waals surface area contributed by atoms with Gasteiger partial charge in [-0.25, -0.2) is 4.79 Å². The zero-order valence-corrected chi connectivity index (χ0v) is 18.5. The van der Waals surface area contributed by atoms with Gasteiger partial charge in [0, 0.05) is 35.2 Å². The number of halogens is 1. The van der Waals surface area contributed by atoms with Gasteiger partial charge in [-0.15, -0.1) is 0 Å². The molecular formula is C24H30ClNO3. The summed E-state index contributed by atoms with van der Waals surface area (Å²) in [5.41, 5.74) is 4.05. The molecule has 1 aliphatic heterocycles. The highest BCUT2D eigenvalue weighted by Gasteiger charge is 2.44. The van der Waals surface area contributed by atoms with Crippen LogP contribution in [0.25, 0.3) is 0 Å². The Hall–Kier alpha value is -2.07. The maximum absolute atomic E-state index is 13.1. The molecule has 1 aromatic carbocycles. The molecule has 1 N–H and O–H groups in total. The van der Waals surface area contributed by atoms with Crippen LogP contribution >= 0.6 is 11.6 Å². The molecule has 4 nitrogen and oxygen atoms in total. The van der Waals surface area contributed by atoms with Crippen LogP contribution < -0.4 is 5.32 Å². The van der Waals surface area contributed by atoms with Gasteiger partial charge in [-0.2, -0.15) is 0 Å². The Balaban J connectivity index is 2.04. The summed E-state index contributed by atoms with van der Waals surface area (Å²) in [6.45, 7) is 8.59. The molecule has 0 bridgehead atoms. The van der Waals surface area contributed by atoms with E-state index in [-0.39, 0.29) is 23.1 Å². The lowest BCUT2D eigenvalue weighted by atomic mass is 9.64. The lowest BCUT2D eigenvalue weighted by Gasteiger charge is -2.43. The summed E-state index contributed by atoms with van der Waals surface area (Å²) < 4.78 is 5.65. The molecule has 0 spiro atoms. The van der Waals surface area contributed by atoms with Gasteiger partial charge in [0.15, 0.2) is 0 Å². The van der Waals surface area contributed by atoms with Crippen molar-refractivity contribution >= 4 is 23.4 Å². The van der Waals surface area contributed by atoms with Crippen LogP contribution in [-0.4, -0.2) is 18.4 Å². The largest absolute Gasteiger partial charge is 0.462 e. The number of rotatable bonds is 6. The first-order valence-corrected chi connectivity index (χ1v) is 10.8. The molecule has 0 unspecified atom stereocenters. The summed E-state index contributed by atoms with van der Waals surface area (Å²) >= 11 is 6.12. The van der Waals surface area contributed by atoms with Crippen molar-refractivity contribution in [3.63, 3.8) is 0 Å². The van der Waals surface area contributed by atoms with Crippen LogP contribution in [0, 0.1) is 5.41 Å². The predicted octanol–water partition coefficient (Wildman–Crippen LogP) is 5.68. The second kappa shape index (κ2) is 8.74. The highest BCUT2D eigenvalue weighted by molar-refractivity contribution is 6.30. The van der Waals surface area contributed by atoms with E-state index in [4.69, 9.17) is 16.3 Å². The highest BCUT2D eigenvalue weighted by Crippen LogP contribution is 2.51. The zero-order chi connectivity index (χ0) is 21.2. The van der Waals surface area contributed by atoms with E-state index in [0.717, 1.165) is 41.8 Å². The van der Waals surface area contributed by atoms with Crippen LogP contribution in [-0.2, 0) is 14.3 Å². The molecule has 5 heteroatoms. The molecule has 0 amide bonds. The Bertz CT molecular complexity index is 865. The number of esters is 1. The monoisotopic (exact) mass is 415 g/mol. The van der Waals surface area contributed by atoms with Crippen LogP contribution in [0.3, 0.4) is 0 Å². The minimum atomic E-state index is -0.351. The number of ether oxygens (including phenoxy) is 1. The minimum Gasteiger partial charge on any atom is -0.462 e. The molecule has 0 saturated carbocycles. The van der Waals surface area contributed by atoms with Gasteiger partial charge in [0.2, 0.25) is 0 Å². The molecule has 0 fully saturated rings. The first-order valence-electron chi connectivity index (χ1n) is 10.4. The van der Waals surface area contributed by atoms with Gasteiger partial charge in [0.25, 0.3) is 0 Å². The second-order valence-electron chi connectivity index (χ2n) is 8.66. The van der Waals surface area contributed by atoms with Crippen molar-refractivity contribution in [3.8, 4) is 0 Å². The predicted molar refractivity (Wildman–Crippen MR) is 116 cm³/mol. The van der Waals surface area contributed by atoms with Gasteiger partial charge in [-0.3, -0.25) is 4.79 Å². The highest BCUT2D eigenvalue weighted by atomic mass is 35.5. The first-order chi connectivity index (χ1) is 13.7. The third-order valence-electron chi connectivity index (χ3n) is 5.79. The smallest absolute Gasteiger partial charge is 0.336 e. The number of ketones is 1. The third-order valence-corrected chi connectivity index (χ3v) is 6.04. The van der Waals surface area contributed by atoms with Gasteiger partial charge in [-0.1, -0.05) is 57.3 Å². The van der Waals surface area contributed by atoms with E-state index in [1.807, 2.05) is 31.2 Å². The molecule has 0 radical (unpaired) electrons. The molecule has 3 rings (SSSR count). The van der Waals surface area contributed by atoms with Gasteiger partial charge in [0.05, 0.1) is 12.2 Å². The van der Waals surface area contributed by atoms with Crippen molar-refractivity contribution < 1.29 is 14.3 Å².